The number of anilines is 2. The minimum Gasteiger partial charge on any atom is -0.378 e. The molecule has 1 heterocycles. The molecular formula is C16H22N4O2. The van der Waals surface area contributed by atoms with Crippen LogP contribution in [-0.2, 0) is 6.54 Å². The third-order valence-electron chi connectivity index (χ3n) is 3.39. The largest absolute Gasteiger partial charge is 0.378 e. The molecule has 0 unspecified atom stereocenters. The van der Waals surface area contributed by atoms with E-state index in [1.807, 2.05) is 57.1 Å². The van der Waals surface area contributed by atoms with Crippen molar-refractivity contribution in [3.63, 3.8) is 0 Å². The first-order valence-electron chi connectivity index (χ1n) is 7.09. The van der Waals surface area contributed by atoms with E-state index in [0.29, 0.717) is 6.54 Å². The van der Waals surface area contributed by atoms with Gasteiger partial charge < -0.3 is 19.6 Å². The molecule has 2 aromatic rings. The molecule has 0 saturated heterocycles. The molecule has 2 amide bonds. The highest BCUT2D eigenvalue weighted by atomic mass is 16.5. The number of benzene rings is 1. The van der Waals surface area contributed by atoms with Crippen molar-refractivity contribution in [2.45, 2.75) is 20.4 Å². The number of aromatic nitrogens is 1. The van der Waals surface area contributed by atoms with Crippen LogP contribution in [0.15, 0.2) is 28.8 Å². The number of nitrogens with one attached hydrogen (secondary N) is 1. The lowest BCUT2D eigenvalue weighted by Crippen LogP contribution is -2.31. The Hall–Kier alpha value is -2.50. The van der Waals surface area contributed by atoms with Gasteiger partial charge in [-0.1, -0.05) is 5.16 Å². The molecule has 0 fully saturated rings. The van der Waals surface area contributed by atoms with Crippen LogP contribution in [0.2, 0.25) is 0 Å². The molecular weight excluding hydrogens is 280 g/mol. The maximum atomic E-state index is 12.2. The Morgan fingerprint density at radius 2 is 1.95 bits per heavy atom. The number of urea groups is 1. The summed E-state index contributed by atoms with van der Waals surface area (Å²) in [5, 5.41) is 6.80. The van der Waals surface area contributed by atoms with E-state index < -0.39 is 0 Å². The molecule has 118 valence electrons. The Bertz CT molecular complexity index is 664. The second-order valence-corrected chi connectivity index (χ2v) is 5.61. The number of hydrogen-bond acceptors (Lipinski definition) is 4. The SMILES string of the molecule is Cc1cc(CN(C)C(=O)Nc2ccc(N(C)C)cc2C)no1. The molecule has 0 aliphatic carbocycles. The van der Waals surface area contributed by atoms with Gasteiger partial charge in [-0.15, -0.1) is 0 Å². The fraction of sp³-hybridized carbons (Fsp3) is 0.375. The zero-order valence-electron chi connectivity index (χ0n) is 13.7. The lowest BCUT2D eigenvalue weighted by molar-refractivity contribution is 0.219. The molecule has 1 aromatic carbocycles. The average molecular weight is 302 g/mol. The highest BCUT2D eigenvalue weighted by Crippen LogP contribution is 2.21. The fourth-order valence-corrected chi connectivity index (χ4v) is 2.08. The summed E-state index contributed by atoms with van der Waals surface area (Å²) in [6, 6.07) is 7.57. The monoisotopic (exact) mass is 302 g/mol. The molecule has 0 saturated carbocycles. The maximum Gasteiger partial charge on any atom is 0.321 e. The van der Waals surface area contributed by atoms with E-state index in [4.69, 9.17) is 4.52 Å². The Labute approximate surface area is 130 Å². The van der Waals surface area contributed by atoms with Crippen LogP contribution in [0.3, 0.4) is 0 Å². The number of carbonyl (C=O) groups is 1. The van der Waals surface area contributed by atoms with Gasteiger partial charge in [0.25, 0.3) is 0 Å². The minimum absolute atomic E-state index is 0.179. The third kappa shape index (κ3) is 3.78. The molecule has 0 aliphatic heterocycles. The third-order valence-corrected chi connectivity index (χ3v) is 3.39. The number of rotatable bonds is 4. The summed E-state index contributed by atoms with van der Waals surface area (Å²) < 4.78 is 5.01. The normalized spacial score (nSPS) is 10.4. The zero-order chi connectivity index (χ0) is 16.3. The predicted molar refractivity (Wildman–Crippen MR) is 87.2 cm³/mol. The van der Waals surface area contributed by atoms with E-state index in [1.54, 1.807) is 11.9 Å². The van der Waals surface area contributed by atoms with Gasteiger partial charge in [0.1, 0.15) is 11.5 Å². The van der Waals surface area contributed by atoms with Gasteiger partial charge in [-0.05, 0) is 37.6 Å². The molecule has 1 N–H and O–H groups in total. The van der Waals surface area contributed by atoms with Gasteiger partial charge in [-0.2, -0.15) is 0 Å². The van der Waals surface area contributed by atoms with Crippen LogP contribution in [-0.4, -0.2) is 37.2 Å². The van der Waals surface area contributed by atoms with Gasteiger partial charge in [0.15, 0.2) is 0 Å². The smallest absolute Gasteiger partial charge is 0.321 e. The first-order valence-corrected chi connectivity index (χ1v) is 7.09. The number of carbonyl (C=O) groups excluding carboxylic acids is 1. The van der Waals surface area contributed by atoms with Crippen LogP contribution in [0.25, 0.3) is 0 Å². The summed E-state index contributed by atoms with van der Waals surface area (Å²) in [5.74, 6) is 0.735. The predicted octanol–water partition coefficient (Wildman–Crippen LogP) is 3.02. The molecule has 0 bridgehead atoms. The van der Waals surface area contributed by atoms with E-state index in [2.05, 4.69) is 10.5 Å². The van der Waals surface area contributed by atoms with Crippen molar-refractivity contribution in [3.8, 4) is 0 Å². The van der Waals surface area contributed by atoms with Gasteiger partial charge in [-0.3, -0.25) is 0 Å². The molecule has 0 atom stereocenters. The van der Waals surface area contributed by atoms with Crippen LogP contribution in [0.5, 0.6) is 0 Å². The van der Waals surface area contributed by atoms with Crippen molar-refractivity contribution in [1.29, 1.82) is 0 Å². The maximum absolute atomic E-state index is 12.2. The summed E-state index contributed by atoms with van der Waals surface area (Å²) in [5.41, 5.74) is 3.65. The van der Waals surface area contributed by atoms with Crippen molar-refractivity contribution in [3.05, 3.63) is 41.3 Å². The van der Waals surface area contributed by atoms with Crippen LogP contribution in [0.4, 0.5) is 16.2 Å². The van der Waals surface area contributed by atoms with E-state index in [0.717, 1.165) is 28.4 Å². The van der Waals surface area contributed by atoms with Crippen LogP contribution < -0.4 is 10.2 Å². The summed E-state index contributed by atoms with van der Waals surface area (Å²) in [7, 11) is 5.70. The first kappa shape index (κ1) is 15.9. The molecule has 22 heavy (non-hydrogen) atoms. The van der Waals surface area contributed by atoms with Gasteiger partial charge in [0, 0.05) is 38.6 Å². The molecule has 1 aromatic heterocycles. The summed E-state index contributed by atoms with van der Waals surface area (Å²) in [6.45, 7) is 4.20. The molecule has 0 spiro atoms. The minimum atomic E-state index is -0.179. The fourth-order valence-electron chi connectivity index (χ4n) is 2.08. The number of hydrogen-bond donors (Lipinski definition) is 1. The number of aryl methyl sites for hydroxylation is 2. The van der Waals surface area contributed by atoms with Gasteiger partial charge in [0.05, 0.1) is 6.54 Å². The Kier molecular flexibility index (Phi) is 4.70. The molecule has 2 rings (SSSR count). The second kappa shape index (κ2) is 6.51. The molecule has 0 aliphatic rings. The van der Waals surface area contributed by atoms with Crippen molar-refractivity contribution >= 4 is 17.4 Å². The molecule has 6 heteroatoms. The molecule has 0 radical (unpaired) electrons. The highest BCUT2D eigenvalue weighted by Gasteiger charge is 2.13. The topological polar surface area (TPSA) is 61.6 Å². The zero-order valence-corrected chi connectivity index (χ0v) is 13.7. The Morgan fingerprint density at radius 1 is 1.23 bits per heavy atom. The van der Waals surface area contributed by atoms with Gasteiger partial charge >= 0.3 is 6.03 Å². The van der Waals surface area contributed by atoms with Crippen molar-refractivity contribution in [1.82, 2.24) is 10.1 Å². The van der Waals surface area contributed by atoms with E-state index >= 15 is 0 Å². The van der Waals surface area contributed by atoms with Crippen molar-refractivity contribution in [2.75, 3.05) is 31.4 Å². The molecule has 6 nitrogen and oxygen atoms in total. The Morgan fingerprint density at radius 3 is 2.50 bits per heavy atom. The lowest BCUT2D eigenvalue weighted by Gasteiger charge is -2.19. The second-order valence-electron chi connectivity index (χ2n) is 5.61. The van der Waals surface area contributed by atoms with Gasteiger partial charge in [-0.25, -0.2) is 4.79 Å². The van der Waals surface area contributed by atoms with Crippen molar-refractivity contribution < 1.29 is 9.32 Å². The van der Waals surface area contributed by atoms with E-state index in [9.17, 15) is 4.79 Å². The summed E-state index contributed by atoms with van der Waals surface area (Å²) in [6.07, 6.45) is 0. The number of amides is 2. The average Bonchev–Trinajstić information content (AvgIpc) is 2.85. The highest BCUT2D eigenvalue weighted by molar-refractivity contribution is 5.90. The Balaban J connectivity index is 2.02. The van der Waals surface area contributed by atoms with Gasteiger partial charge in [0.2, 0.25) is 0 Å². The summed E-state index contributed by atoms with van der Waals surface area (Å²) >= 11 is 0. The number of nitrogens with zero attached hydrogens (tertiary/aromatic N) is 3. The van der Waals surface area contributed by atoms with Crippen molar-refractivity contribution in [2.24, 2.45) is 0 Å². The van der Waals surface area contributed by atoms with E-state index in [1.165, 1.54) is 0 Å². The lowest BCUT2D eigenvalue weighted by atomic mass is 10.1. The van der Waals surface area contributed by atoms with Crippen LogP contribution in [0, 0.1) is 13.8 Å². The van der Waals surface area contributed by atoms with Crippen LogP contribution >= 0.6 is 0 Å². The first-order chi connectivity index (χ1) is 10.4. The standard InChI is InChI=1S/C16H22N4O2/c1-11-8-14(19(3)4)6-7-15(11)17-16(21)20(5)10-13-9-12(2)22-18-13/h6-9H,10H2,1-5H3,(H,17,21). The quantitative estimate of drug-likeness (QED) is 0.943. The summed E-state index contributed by atoms with van der Waals surface area (Å²) in [4.78, 5) is 15.8. The van der Waals surface area contributed by atoms with Crippen LogP contribution in [0.1, 0.15) is 17.0 Å². The van der Waals surface area contributed by atoms with E-state index in [-0.39, 0.29) is 6.03 Å².